The summed E-state index contributed by atoms with van der Waals surface area (Å²) in [5.41, 5.74) is 0. The predicted molar refractivity (Wildman–Crippen MR) is 35.4 cm³/mol. The van der Waals surface area contributed by atoms with Gasteiger partial charge in [0.25, 0.3) is 0 Å². The first kappa shape index (κ1) is 19.1. The number of rotatable bonds is 2. The Morgan fingerprint density at radius 3 is 1.14 bits per heavy atom. The summed E-state index contributed by atoms with van der Waals surface area (Å²) >= 11 is 0. The molecule has 0 saturated heterocycles. The van der Waals surface area contributed by atoms with Crippen LogP contribution in [0.15, 0.2) is 12.2 Å². The smallest absolute Gasteiger partial charge is 0.0643 e. The van der Waals surface area contributed by atoms with Crippen molar-refractivity contribution in [2.45, 2.75) is 0 Å². The molecule has 0 N–H and O–H groups in total. The van der Waals surface area contributed by atoms with Gasteiger partial charge in [-0.2, -0.15) is 0 Å². The van der Waals surface area contributed by atoms with Crippen molar-refractivity contribution >= 4 is 49.6 Å². The number of hydrogen-bond acceptors (Lipinski definition) is 8. The molecule has 0 heterocycles. The Labute approximate surface area is 99.0 Å². The van der Waals surface area contributed by atoms with Crippen molar-refractivity contribution in [3.63, 3.8) is 0 Å². The summed E-state index contributed by atoms with van der Waals surface area (Å²) in [6, 6.07) is 0. The maximum Gasteiger partial charge on any atom is 0.0643 e. The number of carboxylic acid groups (broad SMARTS) is 2. The molecule has 0 unspecified atom stereocenters. The molecular weight excluding hydrogens is 415 g/mol. The minimum absolute atomic E-state index is 0. The van der Waals surface area contributed by atoms with Gasteiger partial charge in [0, 0.05) is 37.7 Å². The Morgan fingerprint density at radius 1 is 0.929 bits per heavy atom. The zero-order valence-electron chi connectivity index (χ0n) is 6.33. The van der Waals surface area contributed by atoms with Crippen LogP contribution >= 0.6 is 0 Å². The van der Waals surface area contributed by atoms with Gasteiger partial charge < -0.3 is 28.9 Å². The molecule has 0 aliphatic carbocycles. The van der Waals surface area contributed by atoms with E-state index in [2.05, 4.69) is 0 Å². The van der Waals surface area contributed by atoms with Gasteiger partial charge in [-0.1, -0.05) is 0 Å². The molecule has 0 aliphatic heterocycles. The van der Waals surface area contributed by atoms with Gasteiger partial charge in [0.05, 0.1) is 11.9 Å². The molecule has 14 heavy (non-hydrogen) atoms. The third kappa shape index (κ3) is 62.9. The van der Waals surface area contributed by atoms with Crippen LogP contribution in [0.1, 0.15) is 0 Å². The van der Waals surface area contributed by atoms with Crippen molar-refractivity contribution in [3.05, 3.63) is 12.2 Å². The molecule has 0 amide bonds. The number of carboxylic acids is 2. The summed E-state index contributed by atoms with van der Waals surface area (Å²) in [6.45, 7) is 0. The molecule has 0 aliphatic rings. The first-order valence-electron chi connectivity index (χ1n) is 2.39. The summed E-state index contributed by atoms with van der Waals surface area (Å²) in [5, 5.41) is 18.8. The van der Waals surface area contributed by atoms with Crippen LogP contribution < -0.4 is 10.2 Å². The molecule has 0 spiro atoms. The number of aliphatic carboxylic acids is 2. The molecule has 10 heteroatoms. The van der Waals surface area contributed by atoms with Crippen LogP contribution in [-0.4, -0.2) is 56.8 Å². The first-order chi connectivity index (χ1) is 5.63. The normalized spacial score (nSPS) is 9.57. The fraction of sp³-hybridized carbons (Fsp3) is 0. The average molecular weight is 417 g/mol. The van der Waals surface area contributed by atoms with E-state index in [1.54, 1.807) is 0 Å². The van der Waals surface area contributed by atoms with Crippen LogP contribution in [0.2, 0.25) is 0 Å². The minimum atomic E-state index is -5.17. The summed E-state index contributed by atoms with van der Waals surface area (Å²) in [7, 11) is -5.17. The fourth-order valence-electron chi connectivity index (χ4n) is 0.136. The van der Waals surface area contributed by atoms with E-state index in [0.29, 0.717) is 12.2 Å². The van der Waals surface area contributed by atoms with E-state index in [1.807, 2.05) is 0 Å². The standard InChI is InChI=1S/C4H4O4.H2O4S.Pb/c5-3(6)1-2-4(7)8;1-5(2,3)4;/h1-2H,(H,5,6)(H,7,8);(H2,1,2,3,4);/p-4/b2-1-;;. The maximum absolute atomic E-state index is 9.41. The summed E-state index contributed by atoms with van der Waals surface area (Å²) in [5.74, 6) is -3.09. The van der Waals surface area contributed by atoms with Crippen LogP contribution in [0.4, 0.5) is 0 Å². The Balaban J connectivity index is -0.000000177. The Morgan fingerprint density at radius 2 is 1.07 bits per heavy atom. The number of carbonyl (C=O) groups is 2. The number of hydrogen-bond donors (Lipinski definition) is 0. The Kier molecular flexibility index (Phi) is 12.3. The average Bonchev–Trinajstić information content (AvgIpc) is 1.79. The molecule has 0 saturated carbocycles. The largest absolute Gasteiger partial charge is 0.759 e. The van der Waals surface area contributed by atoms with Crippen molar-refractivity contribution < 1.29 is 37.3 Å². The van der Waals surface area contributed by atoms with Crippen molar-refractivity contribution in [2.24, 2.45) is 0 Å². The van der Waals surface area contributed by atoms with Crippen LogP contribution in [0, 0.1) is 0 Å². The van der Waals surface area contributed by atoms with Crippen molar-refractivity contribution in [3.8, 4) is 0 Å². The first-order valence-corrected chi connectivity index (χ1v) is 3.73. The van der Waals surface area contributed by atoms with E-state index in [-0.39, 0.29) is 27.3 Å². The van der Waals surface area contributed by atoms with E-state index < -0.39 is 22.3 Å². The van der Waals surface area contributed by atoms with E-state index in [9.17, 15) is 19.8 Å². The van der Waals surface area contributed by atoms with Gasteiger partial charge in [0.1, 0.15) is 0 Å². The van der Waals surface area contributed by atoms with Crippen LogP contribution in [0.25, 0.3) is 0 Å². The van der Waals surface area contributed by atoms with Gasteiger partial charge >= 0.3 is 0 Å². The Bertz CT molecular complexity index is 279. The Hall–Kier alpha value is -0.528. The summed E-state index contributed by atoms with van der Waals surface area (Å²) in [6.07, 6.45) is 0.769. The van der Waals surface area contributed by atoms with E-state index in [0.717, 1.165) is 0 Å². The molecule has 8 nitrogen and oxygen atoms in total. The SMILES string of the molecule is O=C([O-])/C=C\C(=O)[O-].O=S(=O)([O-])[O-].[Pb]. The second kappa shape index (κ2) is 9.04. The molecule has 0 bridgehead atoms. The summed E-state index contributed by atoms with van der Waals surface area (Å²) < 4.78 is 34.1. The zero-order valence-corrected chi connectivity index (χ0v) is 11.0. The monoisotopic (exact) mass is 418 g/mol. The molecule has 0 atom stereocenters. The number of carbonyl (C=O) groups excluding carboxylic acids is 2. The fourth-order valence-corrected chi connectivity index (χ4v) is 0.136. The molecule has 0 aromatic rings. The van der Waals surface area contributed by atoms with E-state index in [1.165, 1.54) is 0 Å². The van der Waals surface area contributed by atoms with Crippen LogP contribution in [0.5, 0.6) is 0 Å². The molecule has 0 aromatic heterocycles. The minimum Gasteiger partial charge on any atom is -0.759 e. The summed E-state index contributed by atoms with van der Waals surface area (Å²) in [4.78, 5) is 18.8. The predicted octanol–water partition coefficient (Wildman–Crippen LogP) is -4.68. The zero-order chi connectivity index (χ0) is 11.1. The molecular formula is C4H2O8PbS-4. The maximum atomic E-state index is 9.41. The molecule has 80 valence electrons. The van der Waals surface area contributed by atoms with Crippen LogP contribution in [0.3, 0.4) is 0 Å². The third-order valence-corrected chi connectivity index (χ3v) is 0.355. The topological polar surface area (TPSA) is 161 Å². The van der Waals surface area contributed by atoms with Gasteiger partial charge in [0.2, 0.25) is 0 Å². The molecule has 0 aromatic carbocycles. The van der Waals surface area contributed by atoms with Gasteiger partial charge in [-0.15, -0.1) is 0 Å². The van der Waals surface area contributed by atoms with E-state index in [4.69, 9.17) is 17.5 Å². The third-order valence-electron chi connectivity index (χ3n) is 0.355. The van der Waals surface area contributed by atoms with Gasteiger partial charge in [-0.05, 0) is 12.2 Å². The molecule has 4 radical (unpaired) electrons. The molecule has 0 rings (SSSR count). The van der Waals surface area contributed by atoms with Crippen molar-refractivity contribution in [1.82, 2.24) is 0 Å². The van der Waals surface area contributed by atoms with Crippen molar-refractivity contribution in [1.29, 1.82) is 0 Å². The second-order valence-electron chi connectivity index (χ2n) is 1.38. The van der Waals surface area contributed by atoms with Crippen molar-refractivity contribution in [2.75, 3.05) is 0 Å². The second-order valence-corrected chi connectivity index (χ2v) is 2.20. The van der Waals surface area contributed by atoms with E-state index >= 15 is 0 Å². The van der Waals surface area contributed by atoms with Gasteiger partial charge in [0.15, 0.2) is 0 Å². The van der Waals surface area contributed by atoms with Crippen LogP contribution in [-0.2, 0) is 20.0 Å². The quantitative estimate of drug-likeness (QED) is 0.187. The van der Waals surface area contributed by atoms with Gasteiger partial charge in [-0.25, -0.2) is 0 Å². The molecule has 0 fully saturated rings. The van der Waals surface area contributed by atoms with Gasteiger partial charge in [-0.3, -0.25) is 8.42 Å².